The minimum Gasteiger partial charge on any atom is -0.465 e. The molecule has 1 aromatic carbocycles. The van der Waals surface area contributed by atoms with E-state index in [0.29, 0.717) is 5.56 Å². The first-order valence-corrected chi connectivity index (χ1v) is 8.97. The van der Waals surface area contributed by atoms with Crippen molar-refractivity contribution in [3.63, 3.8) is 0 Å². The summed E-state index contributed by atoms with van der Waals surface area (Å²) in [5, 5.41) is 7.71. The summed E-state index contributed by atoms with van der Waals surface area (Å²) >= 11 is 1.72. The quantitative estimate of drug-likeness (QED) is 0.450. The summed E-state index contributed by atoms with van der Waals surface area (Å²) in [6.45, 7) is 3.61. The Morgan fingerprint density at radius 2 is 1.88 bits per heavy atom. The van der Waals surface area contributed by atoms with Crippen molar-refractivity contribution in [2.24, 2.45) is 4.99 Å². The van der Waals surface area contributed by atoms with Crippen LogP contribution in [0.1, 0.15) is 25.8 Å². The Hall–Kier alpha value is -2.41. The first kappa shape index (κ1) is 18.9. The number of methoxy groups -OCH3 is 1. The normalized spacial score (nSPS) is 11.2. The van der Waals surface area contributed by atoms with Crippen LogP contribution >= 0.6 is 11.3 Å². The third-order valence-corrected chi connectivity index (χ3v) is 4.58. The number of aryl methyl sites for hydroxylation is 1. The fourth-order valence-electron chi connectivity index (χ4n) is 2.28. The van der Waals surface area contributed by atoms with Gasteiger partial charge in [0, 0.05) is 37.6 Å². The lowest BCUT2D eigenvalue weighted by atomic mass is 10.1. The zero-order chi connectivity index (χ0) is 18.1. The number of aliphatic imine (C=N–C) groups is 1. The number of nitrogens with zero attached hydrogens (tertiary/aromatic N) is 2. The van der Waals surface area contributed by atoms with E-state index >= 15 is 0 Å². The Balaban J connectivity index is 1.70. The van der Waals surface area contributed by atoms with Crippen molar-refractivity contribution in [1.29, 1.82) is 0 Å². The molecule has 0 aliphatic heterocycles. The number of hydrogen-bond acceptors (Lipinski definition) is 5. The Labute approximate surface area is 152 Å². The van der Waals surface area contributed by atoms with Gasteiger partial charge >= 0.3 is 5.97 Å². The highest BCUT2D eigenvalue weighted by Crippen LogP contribution is 2.10. The van der Waals surface area contributed by atoms with Crippen molar-refractivity contribution < 1.29 is 9.53 Å². The van der Waals surface area contributed by atoms with Gasteiger partial charge in [0.25, 0.3) is 0 Å². The number of guanidine groups is 1. The summed E-state index contributed by atoms with van der Waals surface area (Å²) in [7, 11) is 3.14. The number of carbonyl (C=O) groups excluding carboxylic acids is 1. The molecule has 0 saturated heterocycles. The van der Waals surface area contributed by atoms with Gasteiger partial charge in [-0.25, -0.2) is 9.78 Å². The Bertz CT molecular complexity index is 710. The molecule has 0 saturated carbocycles. The highest BCUT2D eigenvalue weighted by molar-refractivity contribution is 7.11. The number of esters is 1. The third-order valence-electron chi connectivity index (χ3n) is 3.61. The van der Waals surface area contributed by atoms with Gasteiger partial charge in [0.05, 0.1) is 17.7 Å². The lowest BCUT2D eigenvalue weighted by Gasteiger charge is -2.11. The van der Waals surface area contributed by atoms with E-state index in [0.717, 1.165) is 42.5 Å². The van der Waals surface area contributed by atoms with Crippen LogP contribution in [0.4, 0.5) is 0 Å². The van der Waals surface area contributed by atoms with Gasteiger partial charge in [0.15, 0.2) is 5.96 Å². The molecule has 0 aliphatic carbocycles. The summed E-state index contributed by atoms with van der Waals surface area (Å²) in [5.74, 6) is 0.462. The monoisotopic (exact) mass is 360 g/mol. The van der Waals surface area contributed by atoms with E-state index in [4.69, 9.17) is 4.74 Å². The Morgan fingerprint density at radius 3 is 2.44 bits per heavy atom. The maximum atomic E-state index is 11.4. The smallest absolute Gasteiger partial charge is 0.337 e. The van der Waals surface area contributed by atoms with Crippen molar-refractivity contribution in [2.75, 3.05) is 27.2 Å². The zero-order valence-corrected chi connectivity index (χ0v) is 15.7. The van der Waals surface area contributed by atoms with E-state index in [-0.39, 0.29) is 5.97 Å². The van der Waals surface area contributed by atoms with Gasteiger partial charge < -0.3 is 15.4 Å². The second-order valence-electron chi connectivity index (χ2n) is 5.48. The number of carbonyl (C=O) groups is 1. The summed E-state index contributed by atoms with van der Waals surface area (Å²) in [6.07, 6.45) is 3.63. The highest BCUT2D eigenvalue weighted by Gasteiger charge is 2.05. The van der Waals surface area contributed by atoms with Crippen LogP contribution < -0.4 is 10.6 Å². The van der Waals surface area contributed by atoms with Gasteiger partial charge in [0.2, 0.25) is 0 Å². The van der Waals surface area contributed by atoms with Crippen LogP contribution in [0, 0.1) is 6.92 Å². The van der Waals surface area contributed by atoms with Crippen LogP contribution in [0.3, 0.4) is 0 Å². The first-order chi connectivity index (χ1) is 12.1. The topological polar surface area (TPSA) is 75.6 Å². The number of aromatic nitrogens is 1. The van der Waals surface area contributed by atoms with Crippen molar-refractivity contribution >= 4 is 23.3 Å². The molecule has 0 unspecified atom stereocenters. The minimum atomic E-state index is -0.315. The summed E-state index contributed by atoms with van der Waals surface area (Å²) < 4.78 is 4.70. The molecule has 7 heteroatoms. The van der Waals surface area contributed by atoms with Gasteiger partial charge in [-0.2, -0.15) is 0 Å². The van der Waals surface area contributed by atoms with Crippen molar-refractivity contribution in [3.8, 4) is 0 Å². The lowest BCUT2D eigenvalue weighted by molar-refractivity contribution is 0.0600. The van der Waals surface area contributed by atoms with Gasteiger partial charge in [-0.05, 0) is 31.0 Å². The molecule has 0 aliphatic rings. The van der Waals surface area contributed by atoms with Crippen LogP contribution in [-0.2, 0) is 17.6 Å². The van der Waals surface area contributed by atoms with Crippen LogP contribution in [0.5, 0.6) is 0 Å². The number of benzene rings is 1. The van der Waals surface area contributed by atoms with Crippen molar-refractivity contribution in [2.45, 2.75) is 19.8 Å². The molecule has 1 heterocycles. The van der Waals surface area contributed by atoms with E-state index < -0.39 is 0 Å². The van der Waals surface area contributed by atoms with Gasteiger partial charge in [-0.3, -0.25) is 4.99 Å². The SMILES string of the molecule is CN=C(NCCc1ccc(C(=O)OC)cc1)NCCc1ncc(C)s1. The average molecular weight is 360 g/mol. The molecule has 0 bridgehead atoms. The largest absolute Gasteiger partial charge is 0.465 e. The molecule has 6 nitrogen and oxygen atoms in total. The molecule has 2 rings (SSSR count). The number of nitrogens with one attached hydrogen (secondary N) is 2. The maximum Gasteiger partial charge on any atom is 0.337 e. The number of rotatable bonds is 7. The van der Waals surface area contributed by atoms with Crippen molar-refractivity contribution in [3.05, 3.63) is 51.5 Å². The van der Waals surface area contributed by atoms with Gasteiger partial charge in [-0.1, -0.05) is 12.1 Å². The van der Waals surface area contributed by atoms with E-state index in [1.54, 1.807) is 30.5 Å². The fraction of sp³-hybridized carbons (Fsp3) is 0.389. The van der Waals surface area contributed by atoms with E-state index in [9.17, 15) is 4.79 Å². The summed E-state index contributed by atoms with van der Waals surface area (Å²) in [4.78, 5) is 21.2. The Kier molecular flexibility index (Phi) is 7.40. The number of ether oxygens (including phenoxy) is 1. The van der Waals surface area contributed by atoms with E-state index in [1.807, 2.05) is 18.3 Å². The average Bonchev–Trinajstić information content (AvgIpc) is 3.05. The van der Waals surface area contributed by atoms with Crippen LogP contribution in [0.15, 0.2) is 35.5 Å². The molecule has 0 radical (unpaired) electrons. The van der Waals surface area contributed by atoms with E-state index in [1.165, 1.54) is 12.0 Å². The van der Waals surface area contributed by atoms with Gasteiger partial charge in [-0.15, -0.1) is 11.3 Å². The zero-order valence-electron chi connectivity index (χ0n) is 14.8. The molecule has 25 heavy (non-hydrogen) atoms. The van der Waals surface area contributed by atoms with E-state index in [2.05, 4.69) is 27.5 Å². The summed E-state index contributed by atoms with van der Waals surface area (Å²) in [6, 6.07) is 7.44. The molecule has 0 fully saturated rings. The second-order valence-corrected chi connectivity index (χ2v) is 6.80. The third kappa shape index (κ3) is 6.19. The molecule has 0 amide bonds. The lowest BCUT2D eigenvalue weighted by Crippen LogP contribution is -2.39. The van der Waals surface area contributed by atoms with Crippen molar-refractivity contribution in [1.82, 2.24) is 15.6 Å². The first-order valence-electron chi connectivity index (χ1n) is 8.15. The fourth-order valence-corrected chi connectivity index (χ4v) is 3.06. The predicted octanol–water partition coefficient (Wildman–Crippen LogP) is 2.19. The predicted molar refractivity (Wildman–Crippen MR) is 101 cm³/mol. The van der Waals surface area contributed by atoms with Crippen LogP contribution in [0.25, 0.3) is 0 Å². The van der Waals surface area contributed by atoms with Crippen LogP contribution in [0.2, 0.25) is 0 Å². The number of thiazole rings is 1. The molecule has 2 aromatic rings. The molecular weight excluding hydrogens is 336 g/mol. The molecule has 0 spiro atoms. The molecule has 0 atom stereocenters. The maximum absolute atomic E-state index is 11.4. The van der Waals surface area contributed by atoms with Gasteiger partial charge in [0.1, 0.15) is 0 Å². The summed E-state index contributed by atoms with van der Waals surface area (Å²) in [5.41, 5.74) is 1.71. The second kappa shape index (κ2) is 9.78. The minimum absolute atomic E-state index is 0.315. The molecule has 1 aromatic heterocycles. The standard InChI is InChI=1S/C18H24N4O2S/c1-13-12-22-16(25-13)9-11-21-18(19-2)20-10-8-14-4-6-15(7-5-14)17(23)24-3/h4-7,12H,8-11H2,1-3H3,(H2,19,20,21). The molecular formula is C18H24N4O2S. The number of hydrogen-bond donors (Lipinski definition) is 2. The molecule has 2 N–H and O–H groups in total. The highest BCUT2D eigenvalue weighted by atomic mass is 32.1. The Morgan fingerprint density at radius 1 is 1.20 bits per heavy atom. The van der Waals surface area contributed by atoms with Crippen LogP contribution in [-0.4, -0.2) is 44.2 Å². The molecule has 134 valence electrons.